The Hall–Kier alpha value is -5.01. The number of amides is 1. The Morgan fingerprint density at radius 1 is 0.911 bits per heavy atom. The molecule has 0 aliphatic carbocycles. The monoisotopic (exact) mass is 626 g/mol. The van der Waals surface area contributed by atoms with Crippen molar-refractivity contribution in [2.45, 2.75) is 33.7 Å². The van der Waals surface area contributed by atoms with E-state index >= 15 is 0 Å². The summed E-state index contributed by atoms with van der Waals surface area (Å²) in [6.07, 6.45) is 9.79. The Morgan fingerprint density at radius 3 is 2.47 bits per heavy atom. The fraction of sp³-hybridized carbons (Fsp3) is 0.219. The van der Waals surface area contributed by atoms with E-state index in [1.165, 1.54) is 12.1 Å². The van der Waals surface area contributed by atoms with E-state index in [1.54, 1.807) is 37.1 Å². The number of rotatable bonds is 8. The molecular formula is C32H31FN8O3S. The van der Waals surface area contributed by atoms with Crippen molar-refractivity contribution in [3.63, 3.8) is 0 Å². The molecule has 4 N–H and O–H groups in total. The Labute approximate surface area is 258 Å². The first-order valence-corrected chi connectivity index (χ1v) is 16.0. The average Bonchev–Trinajstić information content (AvgIpc) is 3.58. The number of carbonyl (C=O) groups excluding carboxylic acids is 1. The van der Waals surface area contributed by atoms with Crippen LogP contribution in [0.15, 0.2) is 67.4 Å². The maximum Gasteiger partial charge on any atom is 0.224 e. The van der Waals surface area contributed by atoms with Crippen LogP contribution in [-0.2, 0) is 21.4 Å². The molecule has 11 nitrogen and oxygen atoms in total. The van der Waals surface area contributed by atoms with E-state index in [4.69, 9.17) is 0 Å². The molecule has 6 aromatic rings. The van der Waals surface area contributed by atoms with Gasteiger partial charge in [-0.15, -0.1) is 0 Å². The fourth-order valence-corrected chi connectivity index (χ4v) is 5.58. The molecule has 5 heterocycles. The van der Waals surface area contributed by atoms with Crippen LogP contribution in [0.25, 0.3) is 55.6 Å². The smallest absolute Gasteiger partial charge is 0.224 e. The molecule has 0 fully saturated rings. The fourth-order valence-electron chi connectivity index (χ4n) is 5.15. The number of fused-ring (bicyclic) bond motifs is 2. The number of pyridine rings is 3. The van der Waals surface area contributed by atoms with E-state index < -0.39 is 15.8 Å². The summed E-state index contributed by atoms with van der Waals surface area (Å²) in [5.74, 6) is -0.574. The van der Waals surface area contributed by atoms with Crippen LogP contribution in [0.2, 0.25) is 0 Å². The van der Waals surface area contributed by atoms with Crippen LogP contribution in [0.1, 0.15) is 32.8 Å². The Bertz CT molecular complexity index is 2180. The van der Waals surface area contributed by atoms with E-state index in [1.807, 2.05) is 39.0 Å². The highest BCUT2D eigenvalue weighted by molar-refractivity contribution is 7.88. The van der Waals surface area contributed by atoms with Crippen LogP contribution in [0.5, 0.6) is 0 Å². The van der Waals surface area contributed by atoms with Gasteiger partial charge >= 0.3 is 0 Å². The van der Waals surface area contributed by atoms with Crippen molar-refractivity contribution in [1.29, 1.82) is 0 Å². The van der Waals surface area contributed by atoms with E-state index in [2.05, 4.69) is 40.2 Å². The summed E-state index contributed by atoms with van der Waals surface area (Å²) in [6.45, 7) is 5.99. The first-order chi connectivity index (χ1) is 21.3. The molecule has 0 saturated carbocycles. The molecule has 0 saturated heterocycles. The number of aromatic amines is 2. The topological polar surface area (TPSA) is 158 Å². The van der Waals surface area contributed by atoms with E-state index in [0.29, 0.717) is 51.4 Å². The largest absolute Gasteiger partial charge is 0.352 e. The molecule has 6 rings (SSSR count). The number of halogens is 1. The molecule has 0 aliphatic rings. The minimum absolute atomic E-state index is 0.0400. The number of H-pyrrole nitrogens is 2. The summed E-state index contributed by atoms with van der Waals surface area (Å²) in [4.78, 5) is 29.1. The Kier molecular flexibility index (Phi) is 7.67. The van der Waals surface area contributed by atoms with Crippen molar-refractivity contribution in [2.24, 2.45) is 5.41 Å². The van der Waals surface area contributed by atoms with Crippen LogP contribution >= 0.6 is 0 Å². The van der Waals surface area contributed by atoms with Gasteiger partial charge in [-0.1, -0.05) is 20.8 Å². The van der Waals surface area contributed by atoms with Crippen molar-refractivity contribution >= 4 is 43.6 Å². The molecule has 1 amide bonds. The van der Waals surface area contributed by atoms with Gasteiger partial charge in [0.25, 0.3) is 0 Å². The lowest BCUT2D eigenvalue weighted by atomic mass is 9.92. The van der Waals surface area contributed by atoms with Gasteiger partial charge in [-0.3, -0.25) is 19.9 Å². The van der Waals surface area contributed by atoms with Gasteiger partial charge in [0.2, 0.25) is 15.9 Å². The van der Waals surface area contributed by atoms with Crippen LogP contribution in [0.4, 0.5) is 10.1 Å². The first kappa shape index (κ1) is 30.0. The number of hydrogen-bond acceptors (Lipinski definition) is 7. The molecule has 0 spiro atoms. The minimum Gasteiger partial charge on any atom is -0.352 e. The minimum atomic E-state index is -3.45. The summed E-state index contributed by atoms with van der Waals surface area (Å²) >= 11 is 0. The zero-order valence-corrected chi connectivity index (χ0v) is 25.9. The average molecular weight is 627 g/mol. The van der Waals surface area contributed by atoms with Crippen molar-refractivity contribution < 1.29 is 17.6 Å². The third-order valence-corrected chi connectivity index (χ3v) is 7.74. The Morgan fingerprint density at radius 2 is 1.69 bits per heavy atom. The number of sulfonamides is 1. The van der Waals surface area contributed by atoms with Gasteiger partial charge in [0.05, 0.1) is 35.5 Å². The molecule has 0 radical (unpaired) electrons. The van der Waals surface area contributed by atoms with Crippen LogP contribution in [0.3, 0.4) is 0 Å². The van der Waals surface area contributed by atoms with Gasteiger partial charge in [-0.25, -0.2) is 22.5 Å². The molecule has 0 aliphatic heterocycles. The predicted molar refractivity (Wildman–Crippen MR) is 172 cm³/mol. The third-order valence-electron chi connectivity index (χ3n) is 7.07. The SMILES string of the molecule is CC(C)(C)CC(=O)Nc1cncc(-c2cnc3[nH]nc(-c4cc5c(-c6cc(F)cc(CNS(C)(=O)=O)c6)cncc5[nH]4)c3c2)c1. The van der Waals surface area contributed by atoms with Gasteiger partial charge in [0.15, 0.2) is 5.65 Å². The summed E-state index contributed by atoms with van der Waals surface area (Å²) in [5.41, 5.74) is 6.35. The van der Waals surface area contributed by atoms with Gasteiger partial charge in [0, 0.05) is 59.0 Å². The zero-order valence-electron chi connectivity index (χ0n) is 25.1. The highest BCUT2D eigenvalue weighted by atomic mass is 32.2. The summed E-state index contributed by atoms with van der Waals surface area (Å²) in [5, 5.41) is 12.0. The molecule has 0 bridgehead atoms. The second kappa shape index (κ2) is 11.5. The van der Waals surface area contributed by atoms with Crippen LogP contribution < -0.4 is 10.0 Å². The summed E-state index contributed by atoms with van der Waals surface area (Å²) in [6, 6.07) is 10.1. The van der Waals surface area contributed by atoms with Gasteiger partial charge in [-0.05, 0) is 52.9 Å². The lowest BCUT2D eigenvalue weighted by Gasteiger charge is -2.17. The highest BCUT2D eigenvalue weighted by Crippen LogP contribution is 2.35. The maximum atomic E-state index is 14.6. The summed E-state index contributed by atoms with van der Waals surface area (Å²) in [7, 11) is -3.45. The lowest BCUT2D eigenvalue weighted by molar-refractivity contribution is -0.117. The molecule has 0 unspecified atom stereocenters. The van der Waals surface area contributed by atoms with Crippen molar-refractivity contribution in [3.8, 4) is 33.6 Å². The number of nitrogens with one attached hydrogen (secondary N) is 4. The number of anilines is 1. The highest BCUT2D eigenvalue weighted by Gasteiger charge is 2.18. The number of carbonyl (C=O) groups is 1. The maximum absolute atomic E-state index is 14.6. The Balaban J connectivity index is 1.34. The van der Waals surface area contributed by atoms with Crippen molar-refractivity contribution in [3.05, 3.63) is 78.8 Å². The molecule has 230 valence electrons. The second-order valence-electron chi connectivity index (χ2n) is 12.2. The van der Waals surface area contributed by atoms with Crippen LogP contribution in [0, 0.1) is 11.2 Å². The predicted octanol–water partition coefficient (Wildman–Crippen LogP) is 5.79. The zero-order chi connectivity index (χ0) is 31.9. The van der Waals surface area contributed by atoms with E-state index in [9.17, 15) is 17.6 Å². The summed E-state index contributed by atoms with van der Waals surface area (Å²) < 4.78 is 40.2. The standard InChI is InChI=1S/C32H31FN8O3S/c1-32(2,3)11-29(42)38-23-8-20(13-34-15-23)21-9-25-30(40-41-31(25)36-14-21)27-10-24-26(16-35-17-28(24)39-27)19-5-18(6-22(33)7-19)12-37-45(4,43)44/h5-10,13-17,37,39H,11-12H2,1-4H3,(H,38,42)(H,36,40,41). The van der Waals surface area contributed by atoms with E-state index in [0.717, 1.165) is 28.2 Å². The molecule has 13 heteroatoms. The molecule has 5 aromatic heterocycles. The van der Waals surface area contributed by atoms with E-state index in [-0.39, 0.29) is 17.9 Å². The second-order valence-corrected chi connectivity index (χ2v) is 14.0. The molecule has 1 aromatic carbocycles. The van der Waals surface area contributed by atoms with Crippen molar-refractivity contribution in [1.82, 2.24) is 34.9 Å². The normalized spacial score (nSPS) is 12.2. The lowest BCUT2D eigenvalue weighted by Crippen LogP contribution is -2.21. The van der Waals surface area contributed by atoms with Crippen LogP contribution in [-0.4, -0.2) is 50.7 Å². The third kappa shape index (κ3) is 6.89. The number of aromatic nitrogens is 6. The van der Waals surface area contributed by atoms with Gasteiger partial charge in [-0.2, -0.15) is 5.10 Å². The quantitative estimate of drug-likeness (QED) is 0.166. The number of benzene rings is 1. The first-order valence-electron chi connectivity index (χ1n) is 14.1. The molecule has 0 atom stereocenters. The molecular weight excluding hydrogens is 595 g/mol. The van der Waals surface area contributed by atoms with Gasteiger partial charge in [0.1, 0.15) is 11.5 Å². The number of nitrogens with zero attached hydrogens (tertiary/aromatic N) is 4. The molecule has 45 heavy (non-hydrogen) atoms. The van der Waals surface area contributed by atoms with Gasteiger partial charge < -0.3 is 10.3 Å². The van der Waals surface area contributed by atoms with Crippen molar-refractivity contribution in [2.75, 3.05) is 11.6 Å². The number of hydrogen-bond donors (Lipinski definition) is 4.